The average Bonchev–Trinajstić information content (AvgIpc) is 2.25. The van der Waals surface area contributed by atoms with E-state index in [4.69, 9.17) is 5.73 Å². The van der Waals surface area contributed by atoms with Crippen molar-refractivity contribution >= 4 is 5.91 Å². The molecule has 0 saturated heterocycles. The number of aromatic nitrogens is 1. The molecule has 0 radical (unpaired) electrons. The van der Waals surface area contributed by atoms with E-state index < -0.39 is 6.04 Å². The van der Waals surface area contributed by atoms with Crippen LogP contribution < -0.4 is 11.1 Å². The summed E-state index contributed by atoms with van der Waals surface area (Å²) in [4.78, 5) is 15.6. The van der Waals surface area contributed by atoms with Gasteiger partial charge in [-0.05, 0) is 23.1 Å². The Hall–Kier alpha value is -1.42. The van der Waals surface area contributed by atoms with E-state index in [2.05, 4.69) is 10.3 Å². The number of hydrogen-bond acceptors (Lipinski definition) is 3. The van der Waals surface area contributed by atoms with E-state index in [-0.39, 0.29) is 11.3 Å². The quantitative estimate of drug-likeness (QED) is 0.802. The Bertz CT molecular complexity index is 343. The third-order valence-corrected chi connectivity index (χ3v) is 2.43. The van der Waals surface area contributed by atoms with Crippen LogP contribution in [-0.2, 0) is 11.3 Å². The summed E-state index contributed by atoms with van der Waals surface area (Å²) in [7, 11) is 0. The van der Waals surface area contributed by atoms with Gasteiger partial charge < -0.3 is 11.1 Å². The van der Waals surface area contributed by atoms with Crippen molar-refractivity contribution in [2.45, 2.75) is 33.4 Å². The number of amides is 1. The van der Waals surface area contributed by atoms with Crippen molar-refractivity contribution < 1.29 is 4.79 Å². The van der Waals surface area contributed by atoms with Gasteiger partial charge in [-0.3, -0.25) is 9.78 Å². The van der Waals surface area contributed by atoms with E-state index in [1.54, 1.807) is 12.4 Å². The second-order valence-corrected chi connectivity index (χ2v) is 4.92. The number of nitrogens with one attached hydrogen (secondary N) is 1. The van der Waals surface area contributed by atoms with Crippen LogP contribution in [0.3, 0.4) is 0 Å². The molecule has 0 aliphatic heterocycles. The van der Waals surface area contributed by atoms with Gasteiger partial charge >= 0.3 is 0 Å². The average molecular weight is 221 g/mol. The molecule has 4 heteroatoms. The fourth-order valence-electron chi connectivity index (χ4n) is 1.19. The van der Waals surface area contributed by atoms with E-state index in [0.29, 0.717) is 6.54 Å². The zero-order chi connectivity index (χ0) is 12.2. The number of nitrogens with zero attached hydrogens (tertiary/aromatic N) is 1. The number of hydrogen-bond donors (Lipinski definition) is 2. The lowest BCUT2D eigenvalue weighted by atomic mass is 9.87. The van der Waals surface area contributed by atoms with E-state index in [1.807, 2.05) is 32.9 Å². The molecule has 1 aromatic rings. The monoisotopic (exact) mass is 221 g/mol. The molecule has 0 spiro atoms. The zero-order valence-corrected chi connectivity index (χ0v) is 10.0. The largest absolute Gasteiger partial charge is 0.351 e. The molecule has 0 aliphatic carbocycles. The Balaban J connectivity index is 2.48. The molecule has 0 fully saturated rings. The van der Waals surface area contributed by atoms with Crippen LogP contribution in [0.1, 0.15) is 26.3 Å². The van der Waals surface area contributed by atoms with E-state index in [9.17, 15) is 4.79 Å². The predicted molar refractivity (Wildman–Crippen MR) is 63.5 cm³/mol. The number of carbonyl (C=O) groups is 1. The van der Waals surface area contributed by atoms with Gasteiger partial charge in [0.25, 0.3) is 0 Å². The highest BCUT2D eigenvalue weighted by Gasteiger charge is 2.26. The van der Waals surface area contributed by atoms with Gasteiger partial charge in [-0.25, -0.2) is 0 Å². The summed E-state index contributed by atoms with van der Waals surface area (Å²) in [6, 6.07) is 3.24. The Kier molecular flexibility index (Phi) is 4.01. The van der Waals surface area contributed by atoms with Crippen molar-refractivity contribution in [1.82, 2.24) is 10.3 Å². The minimum absolute atomic E-state index is 0.121. The van der Waals surface area contributed by atoms with Gasteiger partial charge in [0.15, 0.2) is 0 Å². The number of nitrogens with two attached hydrogens (primary N) is 1. The predicted octanol–water partition coefficient (Wildman–Crippen LogP) is 1.07. The molecule has 1 unspecified atom stereocenters. The van der Waals surface area contributed by atoms with Crippen molar-refractivity contribution in [3.05, 3.63) is 30.1 Å². The molecule has 0 aliphatic rings. The SMILES string of the molecule is CC(C)(C)C(N)C(=O)NCc1ccncc1. The standard InChI is InChI=1S/C12H19N3O/c1-12(2,3)10(13)11(16)15-8-9-4-6-14-7-5-9/h4-7,10H,8,13H2,1-3H3,(H,15,16). The van der Waals surface area contributed by atoms with Gasteiger partial charge in [-0.15, -0.1) is 0 Å². The molecule has 1 amide bonds. The van der Waals surface area contributed by atoms with Crippen LogP contribution in [0.2, 0.25) is 0 Å². The first-order valence-corrected chi connectivity index (χ1v) is 5.33. The van der Waals surface area contributed by atoms with Crippen LogP contribution in [0.4, 0.5) is 0 Å². The van der Waals surface area contributed by atoms with E-state index >= 15 is 0 Å². The number of rotatable bonds is 3. The van der Waals surface area contributed by atoms with Crippen LogP contribution in [-0.4, -0.2) is 16.9 Å². The molecule has 88 valence electrons. The molecule has 16 heavy (non-hydrogen) atoms. The summed E-state index contributed by atoms with van der Waals surface area (Å²) >= 11 is 0. The Morgan fingerprint density at radius 3 is 2.50 bits per heavy atom. The summed E-state index contributed by atoms with van der Waals surface area (Å²) in [5, 5.41) is 2.81. The van der Waals surface area contributed by atoms with Gasteiger partial charge in [0.1, 0.15) is 0 Å². The topological polar surface area (TPSA) is 68.0 Å². The summed E-state index contributed by atoms with van der Waals surface area (Å²) in [6.45, 7) is 6.34. The fourth-order valence-corrected chi connectivity index (χ4v) is 1.19. The molecular formula is C12H19N3O. The summed E-state index contributed by atoms with van der Waals surface area (Å²) in [5.41, 5.74) is 6.63. The normalized spacial score (nSPS) is 13.2. The highest BCUT2D eigenvalue weighted by atomic mass is 16.2. The second kappa shape index (κ2) is 5.07. The molecule has 0 bridgehead atoms. The highest BCUT2D eigenvalue weighted by Crippen LogP contribution is 2.17. The minimum atomic E-state index is -0.491. The zero-order valence-electron chi connectivity index (χ0n) is 10.0. The first-order valence-electron chi connectivity index (χ1n) is 5.33. The molecule has 1 aromatic heterocycles. The third kappa shape index (κ3) is 3.62. The Morgan fingerprint density at radius 1 is 1.44 bits per heavy atom. The Morgan fingerprint density at radius 2 is 2.00 bits per heavy atom. The molecular weight excluding hydrogens is 202 g/mol. The Labute approximate surface area is 96.3 Å². The van der Waals surface area contributed by atoms with Gasteiger partial charge in [0, 0.05) is 18.9 Å². The molecule has 0 saturated carbocycles. The maximum absolute atomic E-state index is 11.7. The van der Waals surface area contributed by atoms with Crippen LogP contribution in [0.25, 0.3) is 0 Å². The maximum Gasteiger partial charge on any atom is 0.237 e. The van der Waals surface area contributed by atoms with E-state index in [1.165, 1.54) is 0 Å². The van der Waals surface area contributed by atoms with Crippen molar-refractivity contribution in [1.29, 1.82) is 0 Å². The minimum Gasteiger partial charge on any atom is -0.351 e. The lowest BCUT2D eigenvalue weighted by molar-refractivity contribution is -0.124. The molecule has 3 N–H and O–H groups in total. The maximum atomic E-state index is 11.7. The lowest BCUT2D eigenvalue weighted by Crippen LogP contribution is -2.48. The smallest absolute Gasteiger partial charge is 0.237 e. The van der Waals surface area contributed by atoms with Gasteiger partial charge in [0.05, 0.1) is 6.04 Å². The number of pyridine rings is 1. The molecule has 1 atom stereocenters. The van der Waals surface area contributed by atoms with Crippen molar-refractivity contribution in [2.75, 3.05) is 0 Å². The van der Waals surface area contributed by atoms with E-state index in [0.717, 1.165) is 5.56 Å². The van der Waals surface area contributed by atoms with Crippen LogP contribution in [0.15, 0.2) is 24.5 Å². The van der Waals surface area contributed by atoms with Gasteiger partial charge in [-0.1, -0.05) is 20.8 Å². The second-order valence-electron chi connectivity index (χ2n) is 4.92. The molecule has 1 heterocycles. The fraction of sp³-hybridized carbons (Fsp3) is 0.500. The highest BCUT2D eigenvalue weighted by molar-refractivity contribution is 5.82. The van der Waals surface area contributed by atoms with Gasteiger partial charge in [-0.2, -0.15) is 0 Å². The van der Waals surface area contributed by atoms with Crippen LogP contribution >= 0.6 is 0 Å². The first kappa shape index (κ1) is 12.6. The summed E-state index contributed by atoms with van der Waals surface area (Å²) in [6.07, 6.45) is 3.40. The summed E-state index contributed by atoms with van der Waals surface area (Å²) < 4.78 is 0. The van der Waals surface area contributed by atoms with Crippen LogP contribution in [0.5, 0.6) is 0 Å². The lowest BCUT2D eigenvalue weighted by Gasteiger charge is -2.25. The first-order chi connectivity index (χ1) is 7.41. The number of carbonyl (C=O) groups excluding carboxylic acids is 1. The van der Waals surface area contributed by atoms with Crippen molar-refractivity contribution in [2.24, 2.45) is 11.1 Å². The van der Waals surface area contributed by atoms with Crippen LogP contribution in [0, 0.1) is 5.41 Å². The third-order valence-electron chi connectivity index (χ3n) is 2.43. The summed E-state index contributed by atoms with van der Waals surface area (Å²) in [5.74, 6) is -0.121. The molecule has 4 nitrogen and oxygen atoms in total. The molecule has 0 aromatic carbocycles. The van der Waals surface area contributed by atoms with Gasteiger partial charge in [0.2, 0.25) is 5.91 Å². The molecule has 1 rings (SSSR count). The van der Waals surface area contributed by atoms with Crippen molar-refractivity contribution in [3.63, 3.8) is 0 Å². The van der Waals surface area contributed by atoms with Crippen molar-refractivity contribution in [3.8, 4) is 0 Å².